The minimum Gasteiger partial charge on any atom is -0.393 e. The van der Waals surface area contributed by atoms with Crippen LogP contribution in [-0.4, -0.2) is 45.8 Å². The number of nitrogens with one attached hydrogen (secondary N) is 1. The van der Waals surface area contributed by atoms with Crippen molar-refractivity contribution in [2.24, 2.45) is 11.8 Å². The second-order valence-corrected chi connectivity index (χ2v) is 6.94. The fourth-order valence-electron chi connectivity index (χ4n) is 3.16. The van der Waals surface area contributed by atoms with Gasteiger partial charge < -0.3 is 15.3 Å². The second-order valence-electron chi connectivity index (χ2n) is 5.57. The van der Waals surface area contributed by atoms with Crippen LogP contribution in [0.15, 0.2) is 11.1 Å². The number of nitrogens with zero attached hydrogens (tertiary/aromatic N) is 1. The van der Waals surface area contributed by atoms with E-state index in [1.54, 1.807) is 23.6 Å². The van der Waals surface area contributed by atoms with Crippen molar-refractivity contribution in [1.82, 2.24) is 10.2 Å². The molecular weight excluding hydrogens is 264 g/mol. The zero-order valence-electron chi connectivity index (χ0n) is 11.0. The van der Waals surface area contributed by atoms with Crippen LogP contribution in [0.3, 0.4) is 0 Å². The van der Waals surface area contributed by atoms with Crippen LogP contribution in [0, 0.1) is 11.8 Å². The lowest BCUT2D eigenvalue weighted by atomic mass is 9.79. The van der Waals surface area contributed by atoms with Crippen molar-refractivity contribution in [2.75, 3.05) is 6.54 Å². The Hall–Kier alpha value is -1.01. The van der Waals surface area contributed by atoms with Crippen LogP contribution in [0.1, 0.15) is 20.3 Å². The van der Waals surface area contributed by atoms with E-state index in [2.05, 4.69) is 12.2 Å². The smallest absolute Gasteiger partial charge is 0.234 e. The Labute approximate surface area is 116 Å². The number of β-lactam (4-membered cyclic amide) rings is 1. The van der Waals surface area contributed by atoms with Gasteiger partial charge in [-0.15, -0.1) is 11.8 Å². The van der Waals surface area contributed by atoms with Crippen molar-refractivity contribution in [2.45, 2.75) is 37.7 Å². The van der Waals surface area contributed by atoms with Crippen LogP contribution < -0.4 is 5.32 Å². The minimum absolute atomic E-state index is 0.0167. The van der Waals surface area contributed by atoms with Gasteiger partial charge in [0.15, 0.2) is 0 Å². The molecule has 0 spiro atoms. The van der Waals surface area contributed by atoms with Gasteiger partial charge in [0.2, 0.25) is 11.8 Å². The first-order chi connectivity index (χ1) is 8.99. The zero-order valence-corrected chi connectivity index (χ0v) is 11.8. The summed E-state index contributed by atoms with van der Waals surface area (Å²) in [6.07, 6.45) is 1.86. The van der Waals surface area contributed by atoms with Crippen molar-refractivity contribution < 1.29 is 14.7 Å². The number of carbonyl (C=O) groups is 2. The SMILES string of the molecule is C[C@@H](O)[C@H]1C(=O)N2C=C(S[C@H]3CNC(=O)C3)[C@H](C)[C@H]12. The Morgan fingerprint density at radius 1 is 1.53 bits per heavy atom. The van der Waals surface area contributed by atoms with Gasteiger partial charge in [-0.25, -0.2) is 0 Å². The lowest BCUT2D eigenvalue weighted by Gasteiger charge is -2.45. The number of thioether (sulfide) groups is 1. The van der Waals surface area contributed by atoms with Crippen LogP contribution in [0.5, 0.6) is 0 Å². The van der Waals surface area contributed by atoms with Crippen LogP contribution in [-0.2, 0) is 9.59 Å². The molecule has 3 rings (SSSR count). The van der Waals surface area contributed by atoms with Gasteiger partial charge in [-0.05, 0) is 6.92 Å². The molecular formula is C13H18N2O3S. The highest BCUT2D eigenvalue weighted by Crippen LogP contribution is 2.47. The molecule has 3 heterocycles. The predicted octanol–water partition coefficient (Wildman–Crippen LogP) is 0.307. The lowest BCUT2D eigenvalue weighted by Crippen LogP contribution is -2.61. The predicted molar refractivity (Wildman–Crippen MR) is 72.1 cm³/mol. The number of rotatable bonds is 3. The molecule has 104 valence electrons. The first-order valence-corrected chi connectivity index (χ1v) is 7.52. The van der Waals surface area contributed by atoms with E-state index in [0.717, 1.165) is 4.91 Å². The van der Waals surface area contributed by atoms with Gasteiger partial charge in [-0.1, -0.05) is 6.92 Å². The Kier molecular flexibility index (Phi) is 3.09. The number of fused-ring (bicyclic) bond motifs is 1. The van der Waals surface area contributed by atoms with E-state index in [-0.39, 0.29) is 34.9 Å². The van der Waals surface area contributed by atoms with E-state index in [9.17, 15) is 14.7 Å². The topological polar surface area (TPSA) is 69.6 Å². The van der Waals surface area contributed by atoms with Gasteiger partial charge in [0.05, 0.1) is 18.1 Å². The summed E-state index contributed by atoms with van der Waals surface area (Å²) in [7, 11) is 0. The molecule has 0 radical (unpaired) electrons. The largest absolute Gasteiger partial charge is 0.393 e. The number of aliphatic hydroxyl groups is 1. The molecule has 2 fully saturated rings. The molecule has 2 N–H and O–H groups in total. The first kappa shape index (κ1) is 13.0. The molecule has 5 nitrogen and oxygen atoms in total. The molecule has 0 aromatic heterocycles. The first-order valence-electron chi connectivity index (χ1n) is 6.64. The number of amides is 2. The Morgan fingerprint density at radius 2 is 2.26 bits per heavy atom. The van der Waals surface area contributed by atoms with Crippen LogP contribution in [0.25, 0.3) is 0 Å². The number of aliphatic hydroxyl groups excluding tert-OH is 1. The maximum Gasteiger partial charge on any atom is 0.234 e. The van der Waals surface area contributed by atoms with Gasteiger partial charge in [-0.2, -0.15) is 0 Å². The number of hydrogen-bond donors (Lipinski definition) is 2. The molecule has 0 aromatic rings. The maximum atomic E-state index is 11.9. The molecule has 2 saturated heterocycles. The summed E-state index contributed by atoms with van der Waals surface area (Å²) in [6.45, 7) is 4.47. The molecule has 2 amide bonds. The van der Waals surface area contributed by atoms with Crippen molar-refractivity contribution in [3.05, 3.63) is 11.1 Å². The highest BCUT2D eigenvalue weighted by molar-refractivity contribution is 8.03. The van der Waals surface area contributed by atoms with Gasteiger partial charge >= 0.3 is 0 Å². The summed E-state index contributed by atoms with van der Waals surface area (Å²) < 4.78 is 0. The molecule has 0 saturated carbocycles. The highest BCUT2D eigenvalue weighted by atomic mass is 32.2. The Bertz CT molecular complexity index is 463. The third-order valence-electron chi connectivity index (χ3n) is 4.22. The van der Waals surface area contributed by atoms with Crippen LogP contribution in [0.2, 0.25) is 0 Å². The molecule has 19 heavy (non-hydrogen) atoms. The van der Waals surface area contributed by atoms with Crippen molar-refractivity contribution in [3.63, 3.8) is 0 Å². The van der Waals surface area contributed by atoms with Crippen molar-refractivity contribution >= 4 is 23.6 Å². The average Bonchev–Trinajstić information content (AvgIpc) is 2.85. The van der Waals surface area contributed by atoms with E-state index < -0.39 is 6.10 Å². The fourth-order valence-corrected chi connectivity index (χ4v) is 4.48. The van der Waals surface area contributed by atoms with Gasteiger partial charge in [-0.3, -0.25) is 9.59 Å². The molecule has 3 aliphatic heterocycles. The fraction of sp³-hybridized carbons (Fsp3) is 0.692. The summed E-state index contributed by atoms with van der Waals surface area (Å²) >= 11 is 1.69. The van der Waals surface area contributed by atoms with Gasteiger partial charge in [0.1, 0.15) is 0 Å². The summed E-state index contributed by atoms with van der Waals surface area (Å²) in [6, 6.07) is 0.0973. The van der Waals surface area contributed by atoms with Crippen molar-refractivity contribution in [1.29, 1.82) is 0 Å². The molecule has 6 heteroatoms. The summed E-state index contributed by atoms with van der Waals surface area (Å²) in [5.41, 5.74) is 0. The molecule has 3 aliphatic rings. The standard InChI is InChI=1S/C13H18N2O3S/c1-6-9(19-8-3-10(17)14-4-8)5-15-12(6)11(7(2)16)13(15)18/h5-8,11-12,16H,3-4H2,1-2H3,(H,14,17)/t6-,7+,8+,11+,12+/m0/s1. The molecule has 5 atom stereocenters. The third-order valence-corrected chi connectivity index (χ3v) is 5.63. The summed E-state index contributed by atoms with van der Waals surface area (Å²) in [5.74, 6) is 0.0960. The lowest BCUT2D eigenvalue weighted by molar-refractivity contribution is -0.158. The second kappa shape index (κ2) is 4.52. The van der Waals surface area contributed by atoms with E-state index in [1.807, 2.05) is 6.20 Å². The molecule has 0 aliphatic carbocycles. The Balaban J connectivity index is 1.69. The quantitative estimate of drug-likeness (QED) is 0.731. The summed E-state index contributed by atoms with van der Waals surface area (Å²) in [5, 5.41) is 12.8. The van der Waals surface area contributed by atoms with Gasteiger partial charge in [0, 0.05) is 35.2 Å². The molecule has 0 unspecified atom stereocenters. The van der Waals surface area contributed by atoms with E-state index in [4.69, 9.17) is 0 Å². The number of hydrogen-bond acceptors (Lipinski definition) is 4. The van der Waals surface area contributed by atoms with E-state index >= 15 is 0 Å². The van der Waals surface area contributed by atoms with Crippen molar-refractivity contribution in [3.8, 4) is 0 Å². The van der Waals surface area contributed by atoms with E-state index in [0.29, 0.717) is 13.0 Å². The Morgan fingerprint density at radius 3 is 2.84 bits per heavy atom. The highest BCUT2D eigenvalue weighted by Gasteiger charge is 2.55. The summed E-state index contributed by atoms with van der Waals surface area (Å²) in [4.78, 5) is 26.0. The zero-order chi connectivity index (χ0) is 13.7. The third kappa shape index (κ3) is 1.97. The number of carbonyl (C=O) groups excluding carboxylic acids is 2. The van der Waals surface area contributed by atoms with E-state index in [1.165, 1.54) is 0 Å². The monoisotopic (exact) mass is 282 g/mol. The van der Waals surface area contributed by atoms with Gasteiger partial charge in [0.25, 0.3) is 0 Å². The van der Waals surface area contributed by atoms with Crippen LogP contribution in [0.4, 0.5) is 0 Å². The van der Waals surface area contributed by atoms with Crippen LogP contribution >= 0.6 is 11.8 Å². The normalized spacial score (nSPS) is 38.7. The maximum absolute atomic E-state index is 11.9. The minimum atomic E-state index is -0.594. The molecule has 0 aromatic carbocycles. The average molecular weight is 282 g/mol. The molecule has 0 bridgehead atoms.